The Bertz CT molecular complexity index is 943. The van der Waals surface area contributed by atoms with Gasteiger partial charge in [0.15, 0.2) is 0 Å². The van der Waals surface area contributed by atoms with Gasteiger partial charge in [-0.15, -0.1) is 0 Å². The SMILES string of the molecule is CC(=O)Nc1ccc(C=CC(=O)Nc2ccc(C(=O)N(C)C3CCCCC3)cc2)cc1. The largest absolute Gasteiger partial charge is 0.339 e. The fourth-order valence-electron chi connectivity index (χ4n) is 3.77. The Kier molecular flexibility index (Phi) is 7.60. The molecule has 0 heterocycles. The average Bonchev–Trinajstić information content (AvgIpc) is 2.78. The Hall–Kier alpha value is -3.41. The Labute approximate surface area is 183 Å². The van der Waals surface area contributed by atoms with Gasteiger partial charge in [-0.2, -0.15) is 0 Å². The van der Waals surface area contributed by atoms with Gasteiger partial charge in [0.2, 0.25) is 11.8 Å². The summed E-state index contributed by atoms with van der Waals surface area (Å²) in [7, 11) is 1.88. The van der Waals surface area contributed by atoms with Gasteiger partial charge in [0.1, 0.15) is 0 Å². The molecule has 0 aromatic heterocycles. The van der Waals surface area contributed by atoms with Gasteiger partial charge >= 0.3 is 0 Å². The Morgan fingerprint density at radius 2 is 1.45 bits per heavy atom. The first-order valence-electron chi connectivity index (χ1n) is 10.7. The molecule has 31 heavy (non-hydrogen) atoms. The van der Waals surface area contributed by atoms with E-state index in [0.717, 1.165) is 18.4 Å². The van der Waals surface area contributed by atoms with Crippen molar-refractivity contribution in [3.8, 4) is 0 Å². The van der Waals surface area contributed by atoms with Crippen LogP contribution in [0.15, 0.2) is 54.6 Å². The lowest BCUT2D eigenvalue weighted by Crippen LogP contribution is -2.38. The average molecular weight is 420 g/mol. The molecule has 1 saturated carbocycles. The number of benzene rings is 2. The van der Waals surface area contributed by atoms with Crippen LogP contribution in [0.3, 0.4) is 0 Å². The molecule has 1 aliphatic rings. The van der Waals surface area contributed by atoms with Crippen LogP contribution in [0, 0.1) is 0 Å². The number of anilines is 2. The number of rotatable bonds is 6. The zero-order valence-corrected chi connectivity index (χ0v) is 18.1. The second-order valence-corrected chi connectivity index (χ2v) is 7.91. The van der Waals surface area contributed by atoms with E-state index >= 15 is 0 Å². The summed E-state index contributed by atoms with van der Waals surface area (Å²) < 4.78 is 0. The summed E-state index contributed by atoms with van der Waals surface area (Å²) in [6.07, 6.45) is 8.90. The van der Waals surface area contributed by atoms with Crippen molar-refractivity contribution in [2.75, 3.05) is 17.7 Å². The molecule has 0 bridgehead atoms. The maximum Gasteiger partial charge on any atom is 0.253 e. The highest BCUT2D eigenvalue weighted by atomic mass is 16.2. The fraction of sp³-hybridized carbons (Fsp3) is 0.320. The first-order valence-corrected chi connectivity index (χ1v) is 10.7. The summed E-state index contributed by atoms with van der Waals surface area (Å²) in [5, 5.41) is 5.50. The van der Waals surface area contributed by atoms with E-state index in [9.17, 15) is 14.4 Å². The summed E-state index contributed by atoms with van der Waals surface area (Å²) in [5.74, 6) is -0.368. The van der Waals surface area contributed by atoms with Crippen LogP contribution >= 0.6 is 0 Å². The quantitative estimate of drug-likeness (QED) is 0.666. The number of hydrogen-bond donors (Lipinski definition) is 2. The molecule has 2 aromatic carbocycles. The third-order valence-electron chi connectivity index (χ3n) is 5.50. The highest BCUT2D eigenvalue weighted by molar-refractivity contribution is 6.02. The van der Waals surface area contributed by atoms with E-state index in [0.29, 0.717) is 23.0 Å². The Morgan fingerprint density at radius 3 is 2.06 bits per heavy atom. The van der Waals surface area contributed by atoms with E-state index in [1.165, 1.54) is 32.3 Å². The Balaban J connectivity index is 1.54. The van der Waals surface area contributed by atoms with Gasteiger partial charge in [-0.1, -0.05) is 31.4 Å². The van der Waals surface area contributed by atoms with Crippen LogP contribution in [0.2, 0.25) is 0 Å². The smallest absolute Gasteiger partial charge is 0.253 e. The molecule has 6 heteroatoms. The van der Waals surface area contributed by atoms with E-state index in [-0.39, 0.29) is 17.7 Å². The van der Waals surface area contributed by atoms with E-state index in [1.54, 1.807) is 42.5 Å². The predicted molar refractivity (Wildman–Crippen MR) is 124 cm³/mol. The zero-order valence-electron chi connectivity index (χ0n) is 18.1. The van der Waals surface area contributed by atoms with Gasteiger partial charge in [0.05, 0.1) is 0 Å². The van der Waals surface area contributed by atoms with Crippen molar-refractivity contribution >= 4 is 35.2 Å². The fourth-order valence-corrected chi connectivity index (χ4v) is 3.77. The van der Waals surface area contributed by atoms with Crippen molar-refractivity contribution in [3.63, 3.8) is 0 Å². The maximum atomic E-state index is 12.7. The van der Waals surface area contributed by atoms with Crippen LogP contribution in [-0.4, -0.2) is 35.7 Å². The standard InChI is InChI=1S/C25H29N3O3/c1-18(29)26-21-13-8-19(9-14-21)10-17-24(30)27-22-15-11-20(12-16-22)25(31)28(2)23-6-4-3-5-7-23/h8-17,23H,3-7H2,1-2H3,(H,26,29)(H,27,30). The molecule has 0 saturated heterocycles. The van der Waals surface area contributed by atoms with Gasteiger partial charge < -0.3 is 15.5 Å². The first-order chi connectivity index (χ1) is 14.9. The van der Waals surface area contributed by atoms with Crippen LogP contribution < -0.4 is 10.6 Å². The lowest BCUT2D eigenvalue weighted by atomic mass is 9.94. The minimum absolute atomic E-state index is 0.0207. The number of hydrogen-bond acceptors (Lipinski definition) is 3. The van der Waals surface area contributed by atoms with Crippen molar-refractivity contribution < 1.29 is 14.4 Å². The second kappa shape index (κ2) is 10.6. The molecule has 6 nitrogen and oxygen atoms in total. The normalized spacial score (nSPS) is 14.3. The minimum atomic E-state index is -0.260. The molecule has 0 aliphatic heterocycles. The molecule has 1 aliphatic carbocycles. The molecule has 3 rings (SSSR count). The van der Waals surface area contributed by atoms with Crippen LogP contribution in [-0.2, 0) is 9.59 Å². The highest BCUT2D eigenvalue weighted by Crippen LogP contribution is 2.23. The molecule has 1 fully saturated rings. The van der Waals surface area contributed by atoms with Crippen LogP contribution in [0.1, 0.15) is 54.9 Å². The van der Waals surface area contributed by atoms with E-state index in [2.05, 4.69) is 10.6 Å². The van der Waals surface area contributed by atoms with Crippen LogP contribution in [0.4, 0.5) is 11.4 Å². The van der Waals surface area contributed by atoms with Crippen LogP contribution in [0.25, 0.3) is 6.08 Å². The molecule has 0 radical (unpaired) electrons. The van der Waals surface area contributed by atoms with Gasteiger partial charge in [-0.3, -0.25) is 14.4 Å². The van der Waals surface area contributed by atoms with Crippen LogP contribution in [0.5, 0.6) is 0 Å². The van der Waals surface area contributed by atoms with Crippen molar-refractivity contribution in [2.24, 2.45) is 0 Å². The zero-order chi connectivity index (χ0) is 22.2. The topological polar surface area (TPSA) is 78.5 Å². The summed E-state index contributed by atoms with van der Waals surface area (Å²) in [5.41, 5.74) is 2.81. The van der Waals surface area contributed by atoms with Crippen molar-refractivity contribution in [2.45, 2.75) is 45.1 Å². The van der Waals surface area contributed by atoms with Crippen molar-refractivity contribution in [3.05, 3.63) is 65.7 Å². The number of carbonyl (C=O) groups excluding carboxylic acids is 3. The van der Waals surface area contributed by atoms with Gasteiger partial charge in [-0.05, 0) is 60.9 Å². The molecular weight excluding hydrogens is 390 g/mol. The third-order valence-corrected chi connectivity index (χ3v) is 5.50. The third kappa shape index (κ3) is 6.54. The van der Waals surface area contributed by atoms with E-state index in [4.69, 9.17) is 0 Å². The number of amides is 3. The molecule has 2 aromatic rings. The summed E-state index contributed by atoms with van der Waals surface area (Å²) in [6.45, 7) is 1.45. The predicted octanol–water partition coefficient (Wildman–Crippen LogP) is 4.70. The lowest BCUT2D eigenvalue weighted by Gasteiger charge is -2.31. The minimum Gasteiger partial charge on any atom is -0.339 e. The molecule has 2 N–H and O–H groups in total. The number of carbonyl (C=O) groups is 3. The molecule has 0 atom stereocenters. The van der Waals surface area contributed by atoms with Gasteiger partial charge in [0, 0.05) is 43.0 Å². The Morgan fingerprint density at radius 1 is 0.871 bits per heavy atom. The second-order valence-electron chi connectivity index (χ2n) is 7.91. The van der Waals surface area contributed by atoms with Gasteiger partial charge in [0.25, 0.3) is 5.91 Å². The monoisotopic (exact) mass is 419 g/mol. The summed E-state index contributed by atoms with van der Waals surface area (Å²) in [4.78, 5) is 37.8. The van der Waals surface area contributed by atoms with Crippen molar-refractivity contribution in [1.82, 2.24) is 4.90 Å². The van der Waals surface area contributed by atoms with E-state index in [1.807, 2.05) is 24.1 Å². The summed E-state index contributed by atoms with van der Waals surface area (Å²) in [6, 6.07) is 14.5. The molecule has 0 spiro atoms. The number of nitrogens with one attached hydrogen (secondary N) is 2. The lowest BCUT2D eigenvalue weighted by molar-refractivity contribution is -0.114. The first kappa shape index (κ1) is 22.3. The van der Waals surface area contributed by atoms with Crippen molar-refractivity contribution in [1.29, 1.82) is 0 Å². The van der Waals surface area contributed by atoms with Gasteiger partial charge in [-0.25, -0.2) is 0 Å². The number of nitrogens with zero attached hydrogens (tertiary/aromatic N) is 1. The molecular formula is C25H29N3O3. The molecule has 3 amide bonds. The summed E-state index contributed by atoms with van der Waals surface area (Å²) >= 11 is 0. The molecule has 0 unspecified atom stereocenters. The van der Waals surface area contributed by atoms with E-state index < -0.39 is 0 Å². The maximum absolute atomic E-state index is 12.7. The highest BCUT2D eigenvalue weighted by Gasteiger charge is 2.22. The molecule has 162 valence electrons.